The molecule has 1 aliphatic heterocycles. The van der Waals surface area contributed by atoms with E-state index in [0.717, 1.165) is 6.07 Å². The summed E-state index contributed by atoms with van der Waals surface area (Å²) in [6, 6.07) is 1.12. The van der Waals surface area contributed by atoms with Crippen molar-refractivity contribution in [2.24, 2.45) is 0 Å². The maximum atomic E-state index is 10.9. The van der Waals surface area contributed by atoms with E-state index in [-0.39, 0.29) is 15.5 Å². The fourth-order valence-corrected chi connectivity index (χ4v) is 2.42. The van der Waals surface area contributed by atoms with Crippen molar-refractivity contribution in [3.05, 3.63) is 27.0 Å². The van der Waals surface area contributed by atoms with Crippen LogP contribution < -0.4 is 9.61 Å². The summed E-state index contributed by atoms with van der Waals surface area (Å²) in [5, 5.41) is 19.3. The highest BCUT2D eigenvalue weighted by Crippen LogP contribution is 2.30. The Hall–Kier alpha value is -1.71. The van der Waals surface area contributed by atoms with Crippen LogP contribution in [0.2, 0.25) is 0 Å². The zero-order chi connectivity index (χ0) is 13.1. The summed E-state index contributed by atoms with van der Waals surface area (Å²) < 4.78 is 2.88. The lowest BCUT2D eigenvalue weighted by molar-refractivity contribution is -0.166. The number of carboxylic acid groups (broad SMARTS) is 2. The fraction of sp³-hybridized carbons (Fsp3) is 0.111. The van der Waals surface area contributed by atoms with Gasteiger partial charge in [-0.15, -0.1) is 11.3 Å². The van der Waals surface area contributed by atoms with Crippen LogP contribution in [0, 0.1) is 0 Å². The van der Waals surface area contributed by atoms with Crippen molar-refractivity contribution < 1.29 is 29.6 Å². The van der Waals surface area contributed by atoms with Crippen molar-refractivity contribution in [2.75, 3.05) is 6.54 Å². The highest BCUT2D eigenvalue weighted by molar-refractivity contribution is 8.00. The van der Waals surface area contributed by atoms with Crippen LogP contribution in [0.15, 0.2) is 17.2 Å². The smallest absolute Gasteiger partial charge is 0.349 e. The Balaban J connectivity index is 2.14. The molecule has 18 heavy (non-hydrogen) atoms. The van der Waals surface area contributed by atoms with Crippen LogP contribution in [0.5, 0.6) is 5.75 Å². The topological polar surface area (TPSA) is 105 Å². The van der Waals surface area contributed by atoms with Gasteiger partial charge >= 0.3 is 11.9 Å². The highest BCUT2D eigenvalue weighted by Gasteiger charge is 2.22. The summed E-state index contributed by atoms with van der Waals surface area (Å²) in [5.74, 6) is -2.12. The minimum Gasteiger partial charge on any atom is -0.477 e. The van der Waals surface area contributed by atoms with Crippen LogP contribution in [0.4, 0.5) is 0 Å². The van der Waals surface area contributed by atoms with Crippen LogP contribution in [-0.2, 0) is 4.89 Å². The molecule has 1 aromatic rings. The summed E-state index contributed by atoms with van der Waals surface area (Å²) in [4.78, 5) is 31.1. The zero-order valence-electron chi connectivity index (χ0n) is 8.71. The Morgan fingerprint density at radius 3 is 2.61 bits per heavy atom. The number of carboxylic acids is 2. The normalized spacial score (nSPS) is 14.1. The van der Waals surface area contributed by atoms with Crippen LogP contribution in [-0.4, -0.2) is 28.7 Å². The molecule has 0 bridgehead atoms. The molecule has 0 radical (unpaired) electrons. The van der Waals surface area contributed by atoms with Gasteiger partial charge in [0, 0.05) is 11.5 Å². The van der Waals surface area contributed by atoms with E-state index in [1.54, 1.807) is 5.41 Å². The van der Waals surface area contributed by atoms with Gasteiger partial charge in [0.25, 0.3) is 0 Å². The number of rotatable bonds is 5. The number of hydrogen-bond donors (Lipinski definition) is 3. The van der Waals surface area contributed by atoms with Crippen LogP contribution in [0.1, 0.15) is 19.3 Å². The summed E-state index contributed by atoms with van der Waals surface area (Å²) in [5.41, 5.74) is 0. The lowest BCUT2D eigenvalue weighted by Gasteiger charge is -2.04. The first-order valence-electron chi connectivity index (χ1n) is 4.60. The molecular formula is C9H7NO6S2. The quantitative estimate of drug-likeness (QED) is 0.426. The van der Waals surface area contributed by atoms with Gasteiger partial charge in [0.05, 0.1) is 6.54 Å². The monoisotopic (exact) mass is 289 g/mol. The van der Waals surface area contributed by atoms with Crippen LogP contribution in [0.25, 0.3) is 0 Å². The predicted molar refractivity (Wildman–Crippen MR) is 63.6 cm³/mol. The van der Waals surface area contributed by atoms with Crippen molar-refractivity contribution in [3.8, 4) is 5.75 Å². The number of hydrogen-bond acceptors (Lipinski definition) is 7. The molecule has 96 valence electrons. The van der Waals surface area contributed by atoms with Crippen LogP contribution >= 0.6 is 23.3 Å². The minimum atomic E-state index is -1.26. The average Bonchev–Trinajstić information content (AvgIpc) is 2.95. The van der Waals surface area contributed by atoms with Gasteiger partial charge in [0.15, 0.2) is 10.6 Å². The molecule has 0 fully saturated rings. The van der Waals surface area contributed by atoms with Crippen LogP contribution in [0.3, 0.4) is 0 Å². The molecule has 3 N–H and O–H groups in total. The molecule has 9 heteroatoms. The number of aromatic carboxylic acids is 2. The van der Waals surface area contributed by atoms with E-state index < -0.39 is 11.9 Å². The van der Waals surface area contributed by atoms with E-state index in [2.05, 4.69) is 4.72 Å². The van der Waals surface area contributed by atoms with Gasteiger partial charge in [-0.25, -0.2) is 9.59 Å². The second kappa shape index (κ2) is 5.29. The van der Waals surface area contributed by atoms with Crippen molar-refractivity contribution in [1.29, 1.82) is 0 Å². The molecule has 0 aliphatic carbocycles. The summed E-state index contributed by atoms with van der Waals surface area (Å²) >= 11 is 1.93. The predicted octanol–water partition coefficient (Wildman–Crippen LogP) is 1.55. The molecule has 1 aliphatic rings. The van der Waals surface area contributed by atoms with Gasteiger partial charge < -0.3 is 10.2 Å². The second-order valence-corrected chi connectivity index (χ2v) is 4.92. The van der Waals surface area contributed by atoms with Crippen molar-refractivity contribution >= 4 is 35.2 Å². The van der Waals surface area contributed by atoms with Gasteiger partial charge in [0.1, 0.15) is 4.88 Å². The summed E-state index contributed by atoms with van der Waals surface area (Å²) in [6.45, 7) is 0.447. The molecule has 0 atom stereocenters. The maximum absolute atomic E-state index is 10.9. The molecule has 1 aromatic heterocycles. The van der Waals surface area contributed by atoms with Gasteiger partial charge in [-0.2, -0.15) is 0 Å². The molecule has 0 amide bonds. The lowest BCUT2D eigenvalue weighted by atomic mass is 10.4. The van der Waals surface area contributed by atoms with Crippen molar-refractivity contribution in [2.45, 2.75) is 0 Å². The van der Waals surface area contributed by atoms with Gasteiger partial charge in [0.2, 0.25) is 5.75 Å². The Bertz CT molecular complexity index is 523. The zero-order valence-corrected chi connectivity index (χ0v) is 10.3. The molecule has 0 unspecified atom stereocenters. The van der Waals surface area contributed by atoms with E-state index in [9.17, 15) is 9.59 Å². The molecule has 0 saturated heterocycles. The van der Waals surface area contributed by atoms with E-state index in [1.807, 2.05) is 0 Å². The highest BCUT2D eigenvalue weighted by atomic mass is 32.2. The average molecular weight is 289 g/mol. The molecular weight excluding hydrogens is 282 g/mol. The van der Waals surface area contributed by atoms with Gasteiger partial charge in [-0.3, -0.25) is 14.5 Å². The Labute approximate surface area is 109 Å². The molecule has 0 saturated carbocycles. The van der Waals surface area contributed by atoms with E-state index in [1.165, 1.54) is 11.9 Å². The SMILES string of the molecule is O=C(O)c1cc(OOC2=CSNC2)c(C(=O)O)s1. The molecule has 0 aromatic carbocycles. The van der Waals surface area contributed by atoms with Crippen molar-refractivity contribution in [3.63, 3.8) is 0 Å². The summed E-state index contributed by atoms with van der Waals surface area (Å²) in [6.07, 6.45) is 0. The Morgan fingerprint density at radius 2 is 2.06 bits per heavy atom. The number of thiophene rings is 1. The van der Waals surface area contributed by atoms with E-state index >= 15 is 0 Å². The first-order chi connectivity index (χ1) is 8.58. The third kappa shape index (κ3) is 2.75. The first-order valence-corrected chi connectivity index (χ1v) is 6.30. The molecule has 0 spiro atoms. The minimum absolute atomic E-state index is 0.122. The fourth-order valence-electron chi connectivity index (χ4n) is 1.10. The number of nitrogens with one attached hydrogen (secondary N) is 1. The number of carbonyl (C=O) groups is 2. The van der Waals surface area contributed by atoms with Crippen molar-refractivity contribution in [1.82, 2.24) is 4.72 Å². The molecule has 2 rings (SSSR count). The Kier molecular flexibility index (Phi) is 3.75. The Morgan fingerprint density at radius 1 is 1.28 bits per heavy atom. The second-order valence-electron chi connectivity index (χ2n) is 3.10. The largest absolute Gasteiger partial charge is 0.477 e. The third-order valence-electron chi connectivity index (χ3n) is 1.86. The lowest BCUT2D eigenvalue weighted by Crippen LogP contribution is -2.06. The third-order valence-corrected chi connectivity index (χ3v) is 3.65. The van der Waals surface area contributed by atoms with E-state index in [0.29, 0.717) is 23.6 Å². The molecule has 7 nitrogen and oxygen atoms in total. The van der Waals surface area contributed by atoms with Gasteiger partial charge in [-0.05, 0) is 11.9 Å². The standard InChI is InChI=1S/C9H7NO6S2/c11-8(12)6-1-5(7(18-6)9(13)14)16-15-4-2-10-17-3-4/h1,3,10H,2H2,(H,11,12)(H,13,14). The summed E-state index contributed by atoms with van der Waals surface area (Å²) in [7, 11) is 0. The molecule has 2 heterocycles. The first kappa shape index (κ1) is 12.7. The van der Waals surface area contributed by atoms with Gasteiger partial charge in [-0.1, -0.05) is 0 Å². The maximum Gasteiger partial charge on any atom is 0.349 e. The van der Waals surface area contributed by atoms with E-state index in [4.69, 9.17) is 20.0 Å².